The summed E-state index contributed by atoms with van der Waals surface area (Å²) < 4.78 is 30.4. The normalized spacial score (nSPS) is 12.8. The fourth-order valence-corrected chi connectivity index (χ4v) is 8.00. The molecule has 4 aromatic carbocycles. The van der Waals surface area contributed by atoms with Gasteiger partial charge in [-0.3, -0.25) is 14.4 Å². The number of nitrogens with one attached hydrogen (secondary N) is 1. The van der Waals surface area contributed by atoms with Crippen molar-refractivity contribution in [2.75, 3.05) is 26.2 Å². The number of rotatable bonds is 14. The number of sulfonamides is 1. The number of benzene rings is 4. The van der Waals surface area contributed by atoms with Gasteiger partial charge in [0.1, 0.15) is 0 Å². The number of unbranched alkanes of at least 4 members (excludes halogenated alkanes) is 2. The average molecular weight is 770 g/mol. The van der Waals surface area contributed by atoms with Crippen molar-refractivity contribution in [1.29, 1.82) is 0 Å². The first-order chi connectivity index (χ1) is 26.1. The van der Waals surface area contributed by atoms with Crippen molar-refractivity contribution in [3.63, 3.8) is 0 Å². The van der Waals surface area contributed by atoms with Crippen molar-refractivity contribution in [3.8, 4) is 5.69 Å². The molecule has 1 aliphatic rings. The van der Waals surface area contributed by atoms with Crippen molar-refractivity contribution >= 4 is 50.1 Å². The minimum absolute atomic E-state index is 0.000852. The van der Waals surface area contributed by atoms with E-state index in [4.69, 9.17) is 11.6 Å². The Balaban J connectivity index is 1.41. The number of carbonyl (C=O) groups excluding carboxylic acids is 3. The number of aliphatic hydroxyl groups is 1. The highest BCUT2D eigenvalue weighted by molar-refractivity contribution is 7.90. The summed E-state index contributed by atoms with van der Waals surface area (Å²) in [6.45, 7) is 5.56. The van der Waals surface area contributed by atoms with Crippen LogP contribution in [0.3, 0.4) is 0 Å². The maximum absolute atomic E-state index is 14.5. The lowest BCUT2D eigenvalue weighted by atomic mass is 9.98. The highest BCUT2D eigenvalue weighted by atomic mass is 35.5. The van der Waals surface area contributed by atoms with Gasteiger partial charge in [0, 0.05) is 44.8 Å². The summed E-state index contributed by atoms with van der Waals surface area (Å²) in [5, 5.41) is 16.4. The zero-order valence-corrected chi connectivity index (χ0v) is 32.0. The Morgan fingerprint density at radius 3 is 2.28 bits per heavy atom. The lowest BCUT2D eigenvalue weighted by Gasteiger charge is -2.29. The van der Waals surface area contributed by atoms with Crippen molar-refractivity contribution in [3.05, 3.63) is 124 Å². The van der Waals surface area contributed by atoms with E-state index in [1.165, 1.54) is 35.0 Å². The first-order valence-corrected chi connectivity index (χ1v) is 20.2. The summed E-state index contributed by atoms with van der Waals surface area (Å²) in [6, 6.07) is 24.0. The summed E-state index contributed by atoms with van der Waals surface area (Å²) in [5.74, 6) is -1.70. The predicted octanol–water partition coefficient (Wildman–Crippen LogP) is 6.57. The maximum Gasteiger partial charge on any atom is 0.275 e. The molecule has 282 valence electrons. The summed E-state index contributed by atoms with van der Waals surface area (Å²) in [7, 11) is -4.30. The molecule has 1 aliphatic heterocycles. The molecular formula is C41H44ClN5O6S. The summed E-state index contributed by atoms with van der Waals surface area (Å²) in [4.78, 5) is 45.5. The molecule has 11 nitrogen and oxygen atoms in total. The van der Waals surface area contributed by atoms with E-state index >= 15 is 0 Å². The largest absolute Gasteiger partial charge is 0.396 e. The quantitative estimate of drug-likeness (QED) is 0.130. The van der Waals surface area contributed by atoms with Crippen LogP contribution in [0, 0.1) is 0 Å². The Bertz CT molecular complexity index is 2300. The Morgan fingerprint density at radius 2 is 1.57 bits per heavy atom. The Hall–Kier alpha value is -5.04. The van der Waals surface area contributed by atoms with Gasteiger partial charge in [-0.1, -0.05) is 92.9 Å². The SMILES string of the molecule is CCCCN(CCCC)C(=O)c1nn(-c2ccc(C(=O)NS(=O)(=O)c3ccc4ccccc4c3)cc2C(=O)N2CCc3ccccc3C2)c(CCO)c1Cl. The summed E-state index contributed by atoms with van der Waals surface area (Å²) >= 11 is 6.88. The van der Waals surface area contributed by atoms with Crippen molar-refractivity contribution in [1.82, 2.24) is 24.3 Å². The lowest BCUT2D eigenvalue weighted by Crippen LogP contribution is -2.37. The zero-order chi connectivity index (χ0) is 38.4. The zero-order valence-electron chi connectivity index (χ0n) is 30.4. The van der Waals surface area contributed by atoms with E-state index in [1.807, 2.05) is 50.2 Å². The van der Waals surface area contributed by atoms with Crippen LogP contribution in [0.15, 0.2) is 89.8 Å². The third-order valence-electron chi connectivity index (χ3n) is 9.71. The van der Waals surface area contributed by atoms with E-state index in [1.54, 1.807) is 28.0 Å². The third kappa shape index (κ3) is 8.20. The van der Waals surface area contributed by atoms with Gasteiger partial charge in [0.2, 0.25) is 0 Å². The van der Waals surface area contributed by atoms with Crippen LogP contribution < -0.4 is 4.72 Å². The number of amides is 3. The molecule has 0 spiro atoms. The van der Waals surface area contributed by atoms with Gasteiger partial charge < -0.3 is 14.9 Å². The Morgan fingerprint density at radius 1 is 0.889 bits per heavy atom. The monoisotopic (exact) mass is 769 g/mol. The van der Waals surface area contributed by atoms with Gasteiger partial charge >= 0.3 is 0 Å². The Labute approximate surface area is 320 Å². The number of hydrogen-bond acceptors (Lipinski definition) is 7. The molecule has 2 N–H and O–H groups in total. The van der Waals surface area contributed by atoms with E-state index < -0.39 is 21.8 Å². The van der Waals surface area contributed by atoms with Crippen molar-refractivity contribution in [2.45, 2.75) is 63.8 Å². The molecule has 2 heterocycles. The van der Waals surface area contributed by atoms with Crippen LogP contribution in [-0.2, 0) is 29.4 Å². The molecular weight excluding hydrogens is 726 g/mol. The summed E-state index contributed by atoms with van der Waals surface area (Å²) in [6.07, 6.45) is 4.03. The fourth-order valence-electron chi connectivity index (χ4n) is 6.70. The second-order valence-electron chi connectivity index (χ2n) is 13.4. The molecule has 0 radical (unpaired) electrons. The first kappa shape index (κ1) is 38.7. The highest BCUT2D eigenvalue weighted by Gasteiger charge is 2.31. The molecule has 0 saturated heterocycles. The highest BCUT2D eigenvalue weighted by Crippen LogP contribution is 2.30. The molecule has 0 fully saturated rings. The number of halogens is 1. The van der Waals surface area contributed by atoms with E-state index in [9.17, 15) is 27.9 Å². The van der Waals surface area contributed by atoms with Crippen LogP contribution in [0.5, 0.6) is 0 Å². The first-order valence-electron chi connectivity index (χ1n) is 18.3. The lowest BCUT2D eigenvalue weighted by molar-refractivity contribution is 0.0732. The van der Waals surface area contributed by atoms with E-state index in [2.05, 4.69) is 9.82 Å². The summed E-state index contributed by atoms with van der Waals surface area (Å²) in [5.41, 5.74) is 2.65. The number of hydrogen-bond donors (Lipinski definition) is 2. The van der Waals surface area contributed by atoms with Crippen LogP contribution in [-0.4, -0.2) is 77.1 Å². The molecule has 0 atom stereocenters. The third-order valence-corrected chi connectivity index (χ3v) is 11.4. The number of carbonyl (C=O) groups is 3. The van der Waals surface area contributed by atoms with Crippen molar-refractivity contribution < 1.29 is 27.9 Å². The van der Waals surface area contributed by atoms with Crippen molar-refractivity contribution in [2.24, 2.45) is 0 Å². The van der Waals surface area contributed by atoms with E-state index in [0.717, 1.165) is 42.2 Å². The van der Waals surface area contributed by atoms with Gasteiger partial charge in [0.05, 0.1) is 26.9 Å². The van der Waals surface area contributed by atoms with Gasteiger partial charge in [-0.05, 0) is 71.5 Å². The van der Waals surface area contributed by atoms with Crippen LogP contribution in [0.1, 0.15) is 87.6 Å². The molecule has 5 aromatic rings. The predicted molar refractivity (Wildman–Crippen MR) is 209 cm³/mol. The number of aromatic nitrogens is 2. The van der Waals surface area contributed by atoms with Gasteiger partial charge in [-0.2, -0.15) is 5.10 Å². The van der Waals surface area contributed by atoms with Gasteiger partial charge in [0.25, 0.3) is 27.7 Å². The molecule has 3 amide bonds. The molecule has 0 unspecified atom stereocenters. The fraction of sp³-hybridized carbons (Fsp3) is 0.317. The van der Waals surface area contributed by atoms with Crippen LogP contribution in [0.2, 0.25) is 5.02 Å². The molecule has 0 bridgehead atoms. The minimum atomic E-state index is -4.30. The Kier molecular flexibility index (Phi) is 12.2. The molecule has 0 aliphatic carbocycles. The molecule has 13 heteroatoms. The van der Waals surface area contributed by atoms with Gasteiger partial charge in [-0.15, -0.1) is 0 Å². The minimum Gasteiger partial charge on any atom is -0.396 e. The maximum atomic E-state index is 14.5. The average Bonchev–Trinajstić information content (AvgIpc) is 3.51. The second kappa shape index (κ2) is 17.0. The number of fused-ring (bicyclic) bond motifs is 2. The molecule has 0 saturated carbocycles. The molecule has 6 rings (SSSR count). The molecule has 1 aromatic heterocycles. The smallest absolute Gasteiger partial charge is 0.275 e. The second-order valence-corrected chi connectivity index (χ2v) is 15.5. The van der Waals surface area contributed by atoms with Crippen LogP contribution in [0.25, 0.3) is 16.5 Å². The molecule has 54 heavy (non-hydrogen) atoms. The van der Waals surface area contributed by atoms with E-state index in [0.29, 0.717) is 43.7 Å². The van der Waals surface area contributed by atoms with E-state index in [-0.39, 0.29) is 51.4 Å². The van der Waals surface area contributed by atoms with Crippen LogP contribution >= 0.6 is 11.6 Å². The number of aliphatic hydroxyl groups excluding tert-OH is 1. The standard InChI is InChI=1S/C41H44ClN5O6S/c1-3-5-21-45(22-6-4-2)41(51)38-37(42)36(20-24-48)47(43-38)35-18-16-31(26-34(35)40(50)46-23-19-29-12-8-10-14-32(29)27-46)39(49)44-54(52,53)33-17-15-28-11-7-9-13-30(28)25-33/h7-18,25-26,48H,3-6,19-24,27H2,1-2H3,(H,44,49). The topological polar surface area (TPSA) is 142 Å². The van der Waals surface area contributed by atoms with Gasteiger partial charge in [-0.25, -0.2) is 17.8 Å². The van der Waals surface area contributed by atoms with Gasteiger partial charge in [0.15, 0.2) is 5.69 Å². The number of nitrogens with zero attached hydrogens (tertiary/aromatic N) is 4. The van der Waals surface area contributed by atoms with Crippen LogP contribution in [0.4, 0.5) is 0 Å².